The lowest BCUT2D eigenvalue weighted by Gasteiger charge is -2.11. The van der Waals surface area contributed by atoms with Crippen LogP contribution in [-0.4, -0.2) is 14.5 Å². The number of thiazole rings is 1. The molecule has 0 aliphatic heterocycles. The summed E-state index contributed by atoms with van der Waals surface area (Å²) < 4.78 is 2.07. The number of aryl methyl sites for hydroxylation is 3. The molecule has 0 radical (unpaired) electrons. The van der Waals surface area contributed by atoms with Crippen molar-refractivity contribution in [1.82, 2.24) is 14.5 Å². The highest BCUT2D eigenvalue weighted by molar-refractivity contribution is 7.11. The van der Waals surface area contributed by atoms with Crippen molar-refractivity contribution in [2.75, 3.05) is 0 Å². The second kappa shape index (κ2) is 4.35. The minimum Gasteiger partial charge on any atom is -0.334 e. The molecule has 0 spiro atoms. The van der Waals surface area contributed by atoms with E-state index < -0.39 is 0 Å². The third-order valence-corrected chi connectivity index (χ3v) is 3.74. The van der Waals surface area contributed by atoms with E-state index in [1.54, 1.807) is 17.5 Å². The van der Waals surface area contributed by atoms with E-state index in [4.69, 9.17) is 5.73 Å². The minimum atomic E-state index is -0.166. The van der Waals surface area contributed by atoms with Crippen LogP contribution in [-0.2, 0) is 6.54 Å². The molecule has 2 aromatic heterocycles. The molecule has 0 fully saturated rings. The first-order valence-electron chi connectivity index (χ1n) is 5.34. The average Bonchev–Trinajstić information content (AvgIpc) is 2.83. The molecule has 1 atom stereocenters. The van der Waals surface area contributed by atoms with Crippen molar-refractivity contribution in [1.29, 1.82) is 0 Å². The molecule has 4 nitrogen and oxygen atoms in total. The molecule has 16 heavy (non-hydrogen) atoms. The second-order valence-electron chi connectivity index (χ2n) is 3.73. The molecule has 2 N–H and O–H groups in total. The first-order chi connectivity index (χ1) is 7.63. The van der Waals surface area contributed by atoms with Crippen LogP contribution in [0.5, 0.6) is 0 Å². The summed E-state index contributed by atoms with van der Waals surface area (Å²) >= 11 is 1.65. The van der Waals surface area contributed by atoms with E-state index in [1.807, 2.05) is 20.0 Å². The third-order valence-electron chi connectivity index (χ3n) is 2.59. The van der Waals surface area contributed by atoms with Gasteiger partial charge in [0.15, 0.2) is 0 Å². The monoisotopic (exact) mass is 236 g/mol. The van der Waals surface area contributed by atoms with E-state index in [2.05, 4.69) is 21.5 Å². The number of hydrogen-bond donors (Lipinski definition) is 1. The van der Waals surface area contributed by atoms with Crippen LogP contribution in [0, 0.1) is 13.8 Å². The number of imidazole rings is 1. The molecule has 1 unspecified atom stereocenters. The van der Waals surface area contributed by atoms with Crippen LogP contribution in [0.3, 0.4) is 0 Å². The zero-order valence-electron chi connectivity index (χ0n) is 9.77. The highest BCUT2D eigenvalue weighted by atomic mass is 32.1. The molecule has 0 saturated carbocycles. The average molecular weight is 236 g/mol. The Kier molecular flexibility index (Phi) is 3.07. The van der Waals surface area contributed by atoms with Crippen LogP contribution in [0.1, 0.15) is 34.4 Å². The van der Waals surface area contributed by atoms with E-state index in [-0.39, 0.29) is 6.04 Å². The van der Waals surface area contributed by atoms with E-state index in [0.717, 1.165) is 27.9 Å². The van der Waals surface area contributed by atoms with Crippen LogP contribution in [0.2, 0.25) is 0 Å². The third kappa shape index (κ3) is 1.88. The molecule has 0 aromatic carbocycles. The Hall–Kier alpha value is -1.20. The Bertz CT molecular complexity index is 486. The van der Waals surface area contributed by atoms with Crippen LogP contribution < -0.4 is 5.73 Å². The Labute approximate surface area is 99.2 Å². The fourth-order valence-electron chi connectivity index (χ4n) is 1.82. The lowest BCUT2D eigenvalue weighted by Crippen LogP contribution is -2.17. The smallest absolute Gasteiger partial charge is 0.131 e. The van der Waals surface area contributed by atoms with Crippen molar-refractivity contribution in [2.24, 2.45) is 5.73 Å². The maximum absolute atomic E-state index is 6.24. The summed E-state index contributed by atoms with van der Waals surface area (Å²) in [6, 6.07) is -0.166. The van der Waals surface area contributed by atoms with Gasteiger partial charge in [0.05, 0.1) is 15.6 Å². The quantitative estimate of drug-likeness (QED) is 0.887. The van der Waals surface area contributed by atoms with Gasteiger partial charge >= 0.3 is 0 Å². The molecule has 2 rings (SSSR count). The number of nitrogens with two attached hydrogens (primary N) is 1. The van der Waals surface area contributed by atoms with Gasteiger partial charge in [-0.25, -0.2) is 9.97 Å². The number of hydrogen-bond acceptors (Lipinski definition) is 4. The fourth-order valence-corrected chi connectivity index (χ4v) is 2.75. The van der Waals surface area contributed by atoms with Crippen molar-refractivity contribution in [3.63, 3.8) is 0 Å². The summed E-state index contributed by atoms with van der Waals surface area (Å²) in [6.07, 6.45) is 3.75. The summed E-state index contributed by atoms with van der Waals surface area (Å²) in [5.74, 6) is 0.911. The fraction of sp³-hybridized carbons (Fsp3) is 0.455. The summed E-state index contributed by atoms with van der Waals surface area (Å²) in [4.78, 5) is 9.84. The number of nitrogens with zero attached hydrogens (tertiary/aromatic N) is 3. The summed E-state index contributed by atoms with van der Waals surface area (Å²) in [7, 11) is 0. The number of rotatable bonds is 3. The normalized spacial score (nSPS) is 13.0. The standard InChI is InChI=1S/C11H16N4S/c1-4-15-6-5-13-11(15)9(12)10-7(2)14-8(3)16-10/h5-6,9H,4,12H2,1-3H3. The van der Waals surface area contributed by atoms with Crippen molar-refractivity contribution in [3.8, 4) is 0 Å². The van der Waals surface area contributed by atoms with E-state index >= 15 is 0 Å². The Morgan fingerprint density at radius 2 is 2.25 bits per heavy atom. The molecular formula is C11H16N4S. The van der Waals surface area contributed by atoms with Gasteiger partial charge in [-0.1, -0.05) is 0 Å². The summed E-state index contributed by atoms with van der Waals surface area (Å²) in [5, 5.41) is 1.05. The van der Waals surface area contributed by atoms with Gasteiger partial charge in [-0.15, -0.1) is 11.3 Å². The second-order valence-corrected chi connectivity index (χ2v) is 4.97. The SMILES string of the molecule is CCn1ccnc1C(N)c1sc(C)nc1C. The van der Waals surface area contributed by atoms with Crippen molar-refractivity contribution < 1.29 is 0 Å². The van der Waals surface area contributed by atoms with Gasteiger partial charge in [-0.3, -0.25) is 0 Å². The van der Waals surface area contributed by atoms with Crippen molar-refractivity contribution in [2.45, 2.75) is 33.4 Å². The largest absolute Gasteiger partial charge is 0.334 e. The zero-order valence-corrected chi connectivity index (χ0v) is 10.6. The predicted octanol–water partition coefficient (Wildman–Crippen LogP) is 2.02. The van der Waals surface area contributed by atoms with E-state index in [1.165, 1.54) is 0 Å². The minimum absolute atomic E-state index is 0.166. The van der Waals surface area contributed by atoms with E-state index in [0.29, 0.717) is 0 Å². The Morgan fingerprint density at radius 1 is 1.50 bits per heavy atom. The van der Waals surface area contributed by atoms with Crippen LogP contribution >= 0.6 is 11.3 Å². The van der Waals surface area contributed by atoms with Crippen LogP contribution in [0.4, 0.5) is 0 Å². The summed E-state index contributed by atoms with van der Waals surface area (Å²) in [6.45, 7) is 6.97. The molecular weight excluding hydrogens is 220 g/mol. The zero-order chi connectivity index (χ0) is 11.7. The van der Waals surface area contributed by atoms with Gasteiger partial charge in [0.1, 0.15) is 11.9 Å². The summed E-state index contributed by atoms with van der Waals surface area (Å²) in [5.41, 5.74) is 7.25. The maximum Gasteiger partial charge on any atom is 0.131 e. The first kappa shape index (κ1) is 11.3. The lowest BCUT2D eigenvalue weighted by atomic mass is 10.2. The Morgan fingerprint density at radius 3 is 2.81 bits per heavy atom. The van der Waals surface area contributed by atoms with Gasteiger partial charge in [0.25, 0.3) is 0 Å². The van der Waals surface area contributed by atoms with Crippen LogP contribution in [0.15, 0.2) is 12.4 Å². The molecule has 86 valence electrons. The molecule has 0 aliphatic rings. The topological polar surface area (TPSA) is 56.7 Å². The van der Waals surface area contributed by atoms with Crippen molar-refractivity contribution in [3.05, 3.63) is 33.8 Å². The predicted molar refractivity (Wildman–Crippen MR) is 65.5 cm³/mol. The molecule has 5 heteroatoms. The molecule has 0 saturated heterocycles. The van der Waals surface area contributed by atoms with Gasteiger partial charge in [0, 0.05) is 18.9 Å². The molecule has 2 heterocycles. The number of aromatic nitrogens is 3. The van der Waals surface area contributed by atoms with Gasteiger partial charge in [-0.2, -0.15) is 0 Å². The van der Waals surface area contributed by atoms with Gasteiger partial charge < -0.3 is 10.3 Å². The molecule has 0 aliphatic carbocycles. The maximum atomic E-state index is 6.24. The molecule has 0 amide bonds. The molecule has 0 bridgehead atoms. The highest BCUT2D eigenvalue weighted by Crippen LogP contribution is 2.27. The van der Waals surface area contributed by atoms with Gasteiger partial charge in [-0.05, 0) is 20.8 Å². The molecule has 2 aromatic rings. The Balaban J connectivity index is 2.38. The van der Waals surface area contributed by atoms with Crippen molar-refractivity contribution >= 4 is 11.3 Å². The lowest BCUT2D eigenvalue weighted by molar-refractivity contribution is 0.659. The van der Waals surface area contributed by atoms with Crippen LogP contribution in [0.25, 0.3) is 0 Å². The van der Waals surface area contributed by atoms with E-state index in [9.17, 15) is 0 Å². The van der Waals surface area contributed by atoms with Gasteiger partial charge in [0.2, 0.25) is 0 Å². The highest BCUT2D eigenvalue weighted by Gasteiger charge is 2.19. The first-order valence-corrected chi connectivity index (χ1v) is 6.15.